The Bertz CT molecular complexity index is 475. The van der Waals surface area contributed by atoms with Crippen molar-refractivity contribution < 1.29 is 0 Å². The van der Waals surface area contributed by atoms with Gasteiger partial charge in [0.15, 0.2) is 0 Å². The summed E-state index contributed by atoms with van der Waals surface area (Å²) in [6, 6.07) is 0. The highest BCUT2D eigenvalue weighted by molar-refractivity contribution is 6.01. The number of nitrogen functional groups attached to an aromatic ring is 1. The molecule has 2 rings (SSSR count). The quantitative estimate of drug-likeness (QED) is 0.642. The first-order valence-corrected chi connectivity index (χ1v) is 4.96. The molecule has 0 bridgehead atoms. The molecule has 5 nitrogen and oxygen atoms in total. The molecule has 0 aromatic carbocycles. The third kappa shape index (κ3) is 1.65. The molecular formula is C10H14N4O. The Labute approximate surface area is 87.5 Å². The minimum absolute atomic E-state index is 0.335. The van der Waals surface area contributed by atoms with Crippen LogP contribution in [0, 0.1) is 5.92 Å². The van der Waals surface area contributed by atoms with Crippen LogP contribution >= 0.6 is 0 Å². The number of aromatic amines is 1. The zero-order chi connectivity index (χ0) is 11.0. The van der Waals surface area contributed by atoms with E-state index in [0.29, 0.717) is 11.7 Å². The normalized spacial score (nSPS) is 22.8. The lowest BCUT2D eigenvalue weighted by molar-refractivity contribution is 0.587. The zero-order valence-corrected chi connectivity index (χ0v) is 8.87. The van der Waals surface area contributed by atoms with Crippen LogP contribution in [0.15, 0.2) is 9.79 Å². The van der Waals surface area contributed by atoms with Gasteiger partial charge in [0.25, 0.3) is 0 Å². The van der Waals surface area contributed by atoms with Crippen LogP contribution in [0.5, 0.6) is 0 Å². The lowest BCUT2D eigenvalue weighted by atomic mass is 9.86. The molecule has 1 aliphatic carbocycles. The molecule has 3 N–H and O–H groups in total. The van der Waals surface area contributed by atoms with Crippen molar-refractivity contribution in [2.45, 2.75) is 19.8 Å². The van der Waals surface area contributed by atoms with Gasteiger partial charge < -0.3 is 10.7 Å². The second-order valence-corrected chi connectivity index (χ2v) is 3.96. The predicted octanol–water partition coefficient (Wildman–Crippen LogP) is 0.353. The van der Waals surface area contributed by atoms with E-state index in [-0.39, 0.29) is 0 Å². The summed E-state index contributed by atoms with van der Waals surface area (Å²) >= 11 is 0. The molecule has 15 heavy (non-hydrogen) atoms. The second-order valence-electron chi connectivity index (χ2n) is 3.96. The molecule has 80 valence electrons. The smallest absolute Gasteiger partial charge is 0.347 e. The number of hydrogen-bond acceptors (Lipinski definition) is 4. The molecule has 5 heteroatoms. The lowest BCUT2D eigenvalue weighted by Crippen LogP contribution is -2.27. The highest BCUT2D eigenvalue weighted by Gasteiger charge is 2.23. The summed E-state index contributed by atoms with van der Waals surface area (Å²) < 4.78 is 0. The molecular weight excluding hydrogens is 192 g/mol. The summed E-state index contributed by atoms with van der Waals surface area (Å²) in [4.78, 5) is 21.8. The maximum atomic E-state index is 11.2. The number of nitrogens with zero attached hydrogens (tertiary/aromatic N) is 2. The number of aromatic nitrogens is 2. The van der Waals surface area contributed by atoms with Gasteiger partial charge in [-0.05, 0) is 18.8 Å². The Morgan fingerprint density at radius 1 is 1.53 bits per heavy atom. The van der Waals surface area contributed by atoms with Gasteiger partial charge in [0.05, 0.1) is 11.4 Å². The Morgan fingerprint density at radius 3 is 2.93 bits per heavy atom. The molecule has 0 fully saturated rings. The summed E-state index contributed by atoms with van der Waals surface area (Å²) in [6.07, 6.45) is 1.73. The van der Waals surface area contributed by atoms with Crippen LogP contribution in [0.3, 0.4) is 0 Å². The highest BCUT2D eigenvalue weighted by atomic mass is 16.1. The zero-order valence-electron chi connectivity index (χ0n) is 8.87. The van der Waals surface area contributed by atoms with Gasteiger partial charge in [-0.25, -0.2) is 4.79 Å². The first-order chi connectivity index (χ1) is 7.11. The maximum absolute atomic E-state index is 11.2. The minimum atomic E-state index is -0.401. The van der Waals surface area contributed by atoms with Crippen molar-refractivity contribution in [3.8, 4) is 0 Å². The predicted molar refractivity (Wildman–Crippen MR) is 59.2 cm³/mol. The van der Waals surface area contributed by atoms with Gasteiger partial charge in [-0.3, -0.25) is 4.99 Å². The second kappa shape index (κ2) is 3.49. The van der Waals surface area contributed by atoms with E-state index in [1.165, 1.54) is 0 Å². The number of rotatable bonds is 0. The molecule has 0 saturated heterocycles. The fraction of sp³-hybridized carbons (Fsp3) is 0.500. The molecule has 0 amide bonds. The van der Waals surface area contributed by atoms with Crippen molar-refractivity contribution in [1.29, 1.82) is 0 Å². The van der Waals surface area contributed by atoms with Crippen LogP contribution in [-0.2, 0) is 6.42 Å². The van der Waals surface area contributed by atoms with E-state index >= 15 is 0 Å². The number of fused-ring (bicyclic) bond motifs is 1. The lowest BCUT2D eigenvalue weighted by Gasteiger charge is -2.22. The number of anilines is 1. The number of nitrogens with two attached hydrogens (primary N) is 1. The van der Waals surface area contributed by atoms with E-state index in [9.17, 15) is 4.79 Å². The van der Waals surface area contributed by atoms with Crippen LogP contribution in [0.4, 0.5) is 5.82 Å². The topological polar surface area (TPSA) is 84.1 Å². The van der Waals surface area contributed by atoms with Crippen LogP contribution < -0.4 is 11.4 Å². The van der Waals surface area contributed by atoms with Crippen molar-refractivity contribution in [3.05, 3.63) is 21.7 Å². The van der Waals surface area contributed by atoms with Gasteiger partial charge in [-0.2, -0.15) is 4.98 Å². The van der Waals surface area contributed by atoms with Gasteiger partial charge in [0.2, 0.25) is 0 Å². The molecule has 0 aliphatic heterocycles. The Hall–Kier alpha value is -1.65. The molecule has 0 radical (unpaired) electrons. The van der Waals surface area contributed by atoms with Crippen molar-refractivity contribution in [2.24, 2.45) is 10.9 Å². The molecule has 1 aliphatic rings. The van der Waals surface area contributed by atoms with Crippen molar-refractivity contribution in [1.82, 2.24) is 9.97 Å². The summed E-state index contributed by atoms with van der Waals surface area (Å²) in [6.45, 7) is 2.14. The SMILES string of the molecule is CN=C1CC(C)Cc2c(N)nc(=O)[nH]c21. The van der Waals surface area contributed by atoms with Crippen molar-refractivity contribution >= 4 is 11.5 Å². The van der Waals surface area contributed by atoms with Gasteiger partial charge in [-0.1, -0.05) is 6.92 Å². The van der Waals surface area contributed by atoms with E-state index < -0.39 is 5.69 Å². The molecule has 1 unspecified atom stereocenters. The standard InChI is InChI=1S/C10H14N4O/c1-5-3-6-8(7(4-5)12-2)13-10(15)14-9(6)11/h5H,3-4H2,1-2H3,(H3,11,13,14,15). The number of nitrogens with one attached hydrogen (secondary N) is 1. The maximum Gasteiger partial charge on any atom is 0.347 e. The van der Waals surface area contributed by atoms with E-state index in [4.69, 9.17) is 5.73 Å². The van der Waals surface area contributed by atoms with Crippen LogP contribution in [-0.4, -0.2) is 22.7 Å². The van der Waals surface area contributed by atoms with Gasteiger partial charge in [0.1, 0.15) is 5.82 Å². The van der Waals surface area contributed by atoms with Gasteiger partial charge in [-0.15, -0.1) is 0 Å². The molecule has 1 heterocycles. The minimum Gasteiger partial charge on any atom is -0.383 e. The fourth-order valence-corrected chi connectivity index (χ4v) is 2.02. The number of H-pyrrole nitrogens is 1. The number of hydrogen-bond donors (Lipinski definition) is 2. The third-order valence-electron chi connectivity index (χ3n) is 2.72. The van der Waals surface area contributed by atoms with E-state index in [2.05, 4.69) is 21.9 Å². The summed E-state index contributed by atoms with van der Waals surface area (Å²) in [5, 5.41) is 0. The fourth-order valence-electron chi connectivity index (χ4n) is 2.02. The van der Waals surface area contributed by atoms with Crippen LogP contribution in [0.2, 0.25) is 0 Å². The first-order valence-electron chi connectivity index (χ1n) is 4.96. The highest BCUT2D eigenvalue weighted by Crippen LogP contribution is 2.26. The van der Waals surface area contributed by atoms with E-state index in [1.807, 2.05) is 0 Å². The Morgan fingerprint density at radius 2 is 2.27 bits per heavy atom. The summed E-state index contributed by atoms with van der Waals surface area (Å²) in [5.41, 5.74) is 7.94. The molecule has 0 saturated carbocycles. The van der Waals surface area contributed by atoms with Crippen molar-refractivity contribution in [3.63, 3.8) is 0 Å². The monoisotopic (exact) mass is 206 g/mol. The largest absolute Gasteiger partial charge is 0.383 e. The third-order valence-corrected chi connectivity index (χ3v) is 2.72. The Balaban J connectivity index is 2.66. The summed E-state index contributed by atoms with van der Waals surface area (Å²) in [5.74, 6) is 0.827. The molecule has 1 aromatic rings. The summed E-state index contributed by atoms with van der Waals surface area (Å²) in [7, 11) is 1.73. The van der Waals surface area contributed by atoms with E-state index in [0.717, 1.165) is 29.8 Å². The first kappa shape index (κ1) is 9.89. The van der Waals surface area contributed by atoms with Crippen molar-refractivity contribution in [2.75, 3.05) is 12.8 Å². The number of aliphatic imine (C=N–C) groups is 1. The average Bonchev–Trinajstić information content (AvgIpc) is 2.18. The molecule has 0 spiro atoms. The van der Waals surface area contributed by atoms with Crippen LogP contribution in [0.25, 0.3) is 0 Å². The Kier molecular flexibility index (Phi) is 2.30. The molecule has 1 atom stereocenters. The van der Waals surface area contributed by atoms with Gasteiger partial charge >= 0.3 is 5.69 Å². The average molecular weight is 206 g/mol. The van der Waals surface area contributed by atoms with Crippen LogP contribution in [0.1, 0.15) is 24.6 Å². The molecule has 1 aromatic heterocycles. The van der Waals surface area contributed by atoms with Gasteiger partial charge in [0, 0.05) is 12.6 Å². The van der Waals surface area contributed by atoms with E-state index in [1.54, 1.807) is 7.05 Å².